The molecule has 0 radical (unpaired) electrons. The van der Waals surface area contributed by atoms with Crippen LogP contribution in [-0.4, -0.2) is 41.6 Å². The zero-order valence-corrected chi connectivity index (χ0v) is 39.4. The summed E-state index contributed by atoms with van der Waals surface area (Å²) < 4.78 is 26.1. The van der Waals surface area contributed by atoms with Crippen molar-refractivity contribution >= 4 is 0 Å². The fourth-order valence-corrected chi connectivity index (χ4v) is 8.47. The number of phenols is 2. The number of aromatic nitrogens is 1. The first-order valence-corrected chi connectivity index (χ1v) is 22.4. The number of pyridine rings is 1. The van der Waals surface area contributed by atoms with Gasteiger partial charge in [-0.2, -0.15) is 0 Å². The van der Waals surface area contributed by atoms with Gasteiger partial charge in [-0.1, -0.05) is 138 Å². The standard InChI is InChI=1S/C55H69NO6/c1-52(2,3)42-24-34-20-38-28-44(54(7,8)9)30-40-22-36-26-43(53(4,5)6)27-37(49(36)58)23-41-31-45(55(10,11)12)29-39(21-35(25-42)48(34)57)51(41)62-19-17-60-33-47-15-13-14-46(56-47)32-59-16-18-61-50(38)40/h13-15,24-31,57-58H,16-23,32-33H2,1-12H3. The molecular formula is C55H69NO6. The molecule has 7 nitrogen and oxygen atoms in total. The van der Waals surface area contributed by atoms with Gasteiger partial charge in [-0.15, -0.1) is 0 Å². The molecule has 3 heterocycles. The largest absolute Gasteiger partial charge is 0.507 e. The van der Waals surface area contributed by atoms with Crippen LogP contribution in [0.4, 0.5) is 0 Å². The maximum Gasteiger partial charge on any atom is 0.126 e. The van der Waals surface area contributed by atoms with E-state index < -0.39 is 0 Å². The lowest BCUT2D eigenvalue weighted by Crippen LogP contribution is -2.17. The molecule has 0 unspecified atom stereocenters. The molecule has 0 amide bonds. The van der Waals surface area contributed by atoms with Crippen molar-refractivity contribution in [2.24, 2.45) is 0 Å². The van der Waals surface area contributed by atoms with E-state index in [1.165, 1.54) is 0 Å². The summed E-state index contributed by atoms with van der Waals surface area (Å²) in [6.07, 6.45) is 1.78. The van der Waals surface area contributed by atoms with Gasteiger partial charge >= 0.3 is 0 Å². The predicted octanol–water partition coefficient (Wildman–Crippen LogP) is 11.9. The highest BCUT2D eigenvalue weighted by Crippen LogP contribution is 2.44. The second-order valence-electron chi connectivity index (χ2n) is 21.7. The molecule has 0 fully saturated rings. The van der Waals surface area contributed by atoms with E-state index >= 15 is 0 Å². The Morgan fingerprint density at radius 3 is 0.952 bits per heavy atom. The van der Waals surface area contributed by atoms with Crippen molar-refractivity contribution in [1.29, 1.82) is 0 Å². The van der Waals surface area contributed by atoms with Gasteiger partial charge in [0.2, 0.25) is 0 Å². The van der Waals surface area contributed by atoms with Crippen molar-refractivity contribution in [2.75, 3.05) is 26.4 Å². The molecule has 0 atom stereocenters. The van der Waals surface area contributed by atoms with Crippen molar-refractivity contribution in [3.63, 3.8) is 0 Å². The average Bonchev–Trinajstić information content (AvgIpc) is 3.16. The van der Waals surface area contributed by atoms with E-state index in [2.05, 4.69) is 132 Å². The Morgan fingerprint density at radius 1 is 0.403 bits per heavy atom. The molecule has 62 heavy (non-hydrogen) atoms. The van der Waals surface area contributed by atoms with Gasteiger partial charge < -0.3 is 29.2 Å². The molecule has 0 saturated carbocycles. The van der Waals surface area contributed by atoms with Gasteiger partial charge in [-0.3, -0.25) is 4.98 Å². The summed E-state index contributed by atoms with van der Waals surface area (Å²) in [5, 5.41) is 25.1. The minimum Gasteiger partial charge on any atom is -0.507 e. The van der Waals surface area contributed by atoms with Crippen LogP contribution in [0.15, 0.2) is 66.7 Å². The molecule has 1 aromatic heterocycles. The maximum absolute atomic E-state index is 12.5. The summed E-state index contributed by atoms with van der Waals surface area (Å²) in [7, 11) is 0. The number of nitrogens with zero attached hydrogens (tertiary/aromatic N) is 1. The van der Waals surface area contributed by atoms with E-state index in [1.54, 1.807) is 0 Å². The highest BCUT2D eigenvalue weighted by Gasteiger charge is 2.28. The van der Waals surface area contributed by atoms with E-state index in [0.29, 0.717) is 65.3 Å². The molecule has 2 N–H and O–H groups in total. The van der Waals surface area contributed by atoms with Crippen LogP contribution in [-0.2, 0) is 70.0 Å². The SMILES string of the molecule is CC(C)(C)c1cc2c(O)c(c1)Cc1cc(C(C)(C)C)cc3c1OCCOCc1cccc(n1)COCCOc1c(cc(C(C)(C)C)cc1Cc1cc(C(C)(C)C)cc(c1O)C3)C2. The first-order valence-electron chi connectivity index (χ1n) is 22.4. The van der Waals surface area contributed by atoms with Gasteiger partial charge in [0, 0.05) is 25.7 Å². The van der Waals surface area contributed by atoms with Crippen LogP contribution in [0.25, 0.3) is 0 Å². The van der Waals surface area contributed by atoms with Crippen LogP contribution in [0.1, 0.15) is 161 Å². The summed E-state index contributed by atoms with van der Waals surface area (Å²) >= 11 is 0. The van der Waals surface area contributed by atoms with Gasteiger partial charge in [0.25, 0.3) is 0 Å². The van der Waals surface area contributed by atoms with Crippen LogP contribution >= 0.6 is 0 Å². The number of benzene rings is 4. The average molecular weight is 840 g/mol. The van der Waals surface area contributed by atoms with E-state index in [4.69, 9.17) is 23.9 Å². The summed E-state index contributed by atoms with van der Waals surface area (Å²) in [6.45, 7) is 28.7. The van der Waals surface area contributed by atoms with Gasteiger partial charge in [0.1, 0.15) is 36.2 Å². The van der Waals surface area contributed by atoms with Crippen molar-refractivity contribution in [3.05, 3.63) is 145 Å². The first-order chi connectivity index (χ1) is 29.0. The maximum atomic E-state index is 12.5. The summed E-state index contributed by atoms with van der Waals surface area (Å²) in [5.74, 6) is 2.08. The normalized spacial score (nSPS) is 15.7. The molecule has 3 aliphatic rings. The molecule has 1 aliphatic carbocycles. The quantitative estimate of drug-likeness (QED) is 0.157. The smallest absolute Gasteiger partial charge is 0.126 e. The molecule has 0 saturated heterocycles. The van der Waals surface area contributed by atoms with E-state index in [1.807, 2.05) is 18.2 Å². The Hall–Kier alpha value is -4.85. The minimum absolute atomic E-state index is 0.189. The lowest BCUT2D eigenvalue weighted by atomic mass is 9.79. The highest BCUT2D eigenvalue weighted by atomic mass is 16.5. The Morgan fingerprint density at radius 2 is 0.677 bits per heavy atom. The number of aromatic hydroxyl groups is 2. The first kappa shape index (κ1) is 45.2. The van der Waals surface area contributed by atoms with Gasteiger partial charge in [-0.05, 0) is 101 Å². The zero-order chi connectivity index (χ0) is 44.8. The number of hydrogen-bond acceptors (Lipinski definition) is 7. The zero-order valence-electron chi connectivity index (χ0n) is 39.4. The van der Waals surface area contributed by atoms with Crippen molar-refractivity contribution in [1.82, 2.24) is 4.98 Å². The Balaban J connectivity index is 1.55. The van der Waals surface area contributed by atoms with Gasteiger partial charge in [0.15, 0.2) is 0 Å². The summed E-state index contributed by atoms with van der Waals surface area (Å²) in [4.78, 5) is 4.81. The molecule has 4 aromatic carbocycles. The van der Waals surface area contributed by atoms with Crippen LogP contribution in [0.2, 0.25) is 0 Å². The van der Waals surface area contributed by atoms with Crippen molar-refractivity contribution < 1.29 is 29.2 Å². The number of fused-ring (bicyclic) bond motifs is 8. The van der Waals surface area contributed by atoms with Crippen molar-refractivity contribution in [2.45, 2.75) is 144 Å². The number of hydrogen-bond donors (Lipinski definition) is 2. The highest BCUT2D eigenvalue weighted by molar-refractivity contribution is 5.59. The van der Waals surface area contributed by atoms with Crippen LogP contribution in [0, 0.1) is 0 Å². The summed E-state index contributed by atoms with van der Waals surface area (Å²) in [5.41, 5.74) is 12.8. The molecule has 12 bridgehead atoms. The second-order valence-corrected chi connectivity index (χ2v) is 21.7. The van der Waals surface area contributed by atoms with Crippen molar-refractivity contribution in [3.8, 4) is 23.0 Å². The molecule has 8 rings (SSSR count). The predicted molar refractivity (Wildman–Crippen MR) is 250 cm³/mol. The Labute approximate surface area is 370 Å². The number of ether oxygens (including phenoxy) is 4. The van der Waals surface area contributed by atoms with E-state index in [9.17, 15) is 10.2 Å². The molecule has 0 spiro atoms. The lowest BCUT2D eigenvalue weighted by molar-refractivity contribution is 0.0814. The third-order valence-corrected chi connectivity index (χ3v) is 12.3. The second kappa shape index (κ2) is 17.4. The molecule has 330 valence electrons. The summed E-state index contributed by atoms with van der Waals surface area (Å²) in [6, 6.07) is 23.6. The lowest BCUT2D eigenvalue weighted by Gasteiger charge is -2.28. The Bertz CT molecular complexity index is 2170. The van der Waals surface area contributed by atoms with E-state index in [-0.39, 0.29) is 33.2 Å². The number of rotatable bonds is 0. The monoisotopic (exact) mass is 840 g/mol. The van der Waals surface area contributed by atoms with Crippen LogP contribution < -0.4 is 9.47 Å². The molecule has 2 aliphatic heterocycles. The fraction of sp³-hybridized carbons (Fsp3) is 0.473. The molecule has 7 heteroatoms. The minimum atomic E-state index is -0.189. The van der Waals surface area contributed by atoms with Crippen LogP contribution in [0.5, 0.6) is 23.0 Å². The third-order valence-electron chi connectivity index (χ3n) is 12.3. The number of phenolic OH excluding ortho intramolecular Hbond substituents is 2. The third kappa shape index (κ3) is 10.3. The van der Waals surface area contributed by atoms with Gasteiger partial charge in [-0.25, -0.2) is 0 Å². The topological polar surface area (TPSA) is 90.3 Å². The fourth-order valence-electron chi connectivity index (χ4n) is 8.47. The molecule has 5 aromatic rings. The molecular weight excluding hydrogens is 771 g/mol. The van der Waals surface area contributed by atoms with E-state index in [0.717, 1.165) is 89.6 Å². The van der Waals surface area contributed by atoms with Gasteiger partial charge in [0.05, 0.1) is 37.8 Å². The van der Waals surface area contributed by atoms with Crippen LogP contribution in [0.3, 0.4) is 0 Å². The Kier molecular flexibility index (Phi) is 12.7.